The van der Waals surface area contributed by atoms with E-state index in [-0.39, 0.29) is 5.44 Å². The molecule has 0 spiro atoms. The number of aliphatic hydroxyl groups is 3. The largest absolute Gasteiger partial charge is 0.390 e. The molecule has 0 radical (unpaired) electrons. The molecule has 3 N–H and O–H groups in total. The smallest absolute Gasteiger partial charge is 0.162 e. The molecule has 2 heterocycles. The molecule has 0 aromatic heterocycles. The van der Waals surface area contributed by atoms with Crippen molar-refractivity contribution in [2.45, 2.75) is 49.2 Å². The molecule has 114 valence electrons. The van der Waals surface area contributed by atoms with Gasteiger partial charge in [-0.1, -0.05) is 17.8 Å². The monoisotopic (exact) mass is 302 g/mol. The van der Waals surface area contributed by atoms with Crippen LogP contribution in [0.4, 0.5) is 0 Å². The number of fused-ring (bicyclic) bond motifs is 1. The molecular weight excluding hydrogens is 280 g/mol. The van der Waals surface area contributed by atoms with Crippen molar-refractivity contribution in [2.24, 2.45) is 4.99 Å². The molecule has 1 saturated heterocycles. The predicted octanol–water partition coefficient (Wildman–Crippen LogP) is -0.207. The highest BCUT2D eigenvalue weighted by molar-refractivity contribution is 8.14. The molecule has 0 amide bonds. The second kappa shape index (κ2) is 6.44. The van der Waals surface area contributed by atoms with E-state index in [4.69, 9.17) is 4.74 Å². The molecule has 0 bridgehead atoms. The summed E-state index contributed by atoms with van der Waals surface area (Å²) in [7, 11) is 1.91. The zero-order valence-corrected chi connectivity index (χ0v) is 12.5. The molecule has 0 aromatic carbocycles. The van der Waals surface area contributed by atoms with E-state index in [1.165, 1.54) is 11.8 Å². The first-order chi connectivity index (χ1) is 9.49. The summed E-state index contributed by atoms with van der Waals surface area (Å²) < 4.78 is 5.75. The first-order valence-corrected chi connectivity index (χ1v) is 7.63. The predicted molar refractivity (Wildman–Crippen MR) is 78.6 cm³/mol. The first kappa shape index (κ1) is 15.8. The molecule has 6 atom stereocenters. The van der Waals surface area contributed by atoms with Gasteiger partial charge in [0.2, 0.25) is 0 Å². The van der Waals surface area contributed by atoms with E-state index < -0.39 is 30.5 Å². The Morgan fingerprint density at radius 2 is 2.20 bits per heavy atom. The number of hydrogen-bond donors (Lipinski definition) is 3. The molecule has 0 aliphatic carbocycles. The van der Waals surface area contributed by atoms with E-state index in [0.717, 1.165) is 11.7 Å². The van der Waals surface area contributed by atoms with E-state index in [2.05, 4.69) is 11.6 Å². The molecule has 7 heteroatoms. The highest BCUT2D eigenvalue weighted by Gasteiger charge is 2.50. The van der Waals surface area contributed by atoms with Crippen molar-refractivity contribution in [3.8, 4) is 0 Å². The van der Waals surface area contributed by atoms with Crippen LogP contribution in [-0.4, -0.2) is 74.9 Å². The summed E-state index contributed by atoms with van der Waals surface area (Å²) in [5, 5.41) is 31.1. The Balaban J connectivity index is 2.11. The molecular formula is C13H22N2O4S. The highest BCUT2D eigenvalue weighted by Crippen LogP contribution is 2.38. The van der Waals surface area contributed by atoms with Crippen molar-refractivity contribution >= 4 is 16.9 Å². The number of rotatable bonds is 4. The molecule has 6 unspecified atom stereocenters. The lowest BCUT2D eigenvalue weighted by Crippen LogP contribution is -2.58. The van der Waals surface area contributed by atoms with Gasteiger partial charge in [0.15, 0.2) is 5.17 Å². The minimum absolute atomic E-state index is 0.305. The van der Waals surface area contributed by atoms with Crippen LogP contribution in [0.3, 0.4) is 0 Å². The quantitative estimate of drug-likeness (QED) is 0.623. The Bertz CT molecular complexity index is 393. The van der Waals surface area contributed by atoms with Crippen LogP contribution in [0.25, 0.3) is 0 Å². The maximum absolute atomic E-state index is 10.2. The minimum atomic E-state index is -1.15. The van der Waals surface area contributed by atoms with Gasteiger partial charge in [-0.05, 0) is 13.3 Å². The number of nitrogens with zero attached hydrogens (tertiary/aromatic N) is 2. The maximum atomic E-state index is 10.2. The molecule has 20 heavy (non-hydrogen) atoms. The van der Waals surface area contributed by atoms with E-state index in [9.17, 15) is 15.3 Å². The Hall–Kier alpha value is -0.600. The summed E-state index contributed by atoms with van der Waals surface area (Å²) in [5.74, 6) is 0. The number of thioether (sulfide) groups is 1. The summed E-state index contributed by atoms with van der Waals surface area (Å²) in [6.45, 7) is 6.36. The first-order valence-electron chi connectivity index (χ1n) is 6.75. The van der Waals surface area contributed by atoms with Crippen molar-refractivity contribution in [1.29, 1.82) is 0 Å². The van der Waals surface area contributed by atoms with Crippen molar-refractivity contribution in [3.63, 3.8) is 0 Å². The lowest BCUT2D eigenvalue weighted by molar-refractivity contribution is -0.184. The summed E-state index contributed by atoms with van der Waals surface area (Å²) in [6.07, 6.45) is -2.02. The number of aliphatic imine (C=N–C) groups is 1. The Kier molecular flexibility index (Phi) is 5.09. The fraction of sp³-hybridized carbons (Fsp3) is 0.769. The van der Waals surface area contributed by atoms with Crippen molar-refractivity contribution < 1.29 is 20.1 Å². The SMILES string of the molecule is C=CCC(O)C1OC2SC(N(C)CC)=NC2C(O)C1O. The van der Waals surface area contributed by atoms with E-state index in [1.807, 2.05) is 18.9 Å². The molecule has 0 saturated carbocycles. The summed E-state index contributed by atoms with van der Waals surface area (Å²) >= 11 is 1.42. The molecule has 0 aromatic rings. The van der Waals surface area contributed by atoms with Gasteiger partial charge in [0.1, 0.15) is 29.8 Å². The van der Waals surface area contributed by atoms with Crippen LogP contribution in [0.2, 0.25) is 0 Å². The normalized spacial score (nSPS) is 38.0. The molecule has 2 aliphatic rings. The standard InChI is InChI=1S/C13H22N2O4S/c1-4-6-7(16)11-10(18)9(17)8-12(19-11)20-13(14-8)15(3)5-2/h4,7-12,16-18H,1,5-6H2,2-3H3. The van der Waals surface area contributed by atoms with Crippen molar-refractivity contribution in [3.05, 3.63) is 12.7 Å². The fourth-order valence-electron chi connectivity index (χ4n) is 2.32. The van der Waals surface area contributed by atoms with E-state index in [0.29, 0.717) is 6.42 Å². The van der Waals surface area contributed by atoms with Crippen molar-refractivity contribution in [1.82, 2.24) is 4.90 Å². The summed E-state index contributed by atoms with van der Waals surface area (Å²) in [5.41, 5.74) is -0.373. The molecule has 2 aliphatic heterocycles. The van der Waals surface area contributed by atoms with Crippen LogP contribution in [0.5, 0.6) is 0 Å². The maximum Gasteiger partial charge on any atom is 0.162 e. The third-order valence-corrected chi connectivity index (χ3v) is 4.93. The second-order valence-corrected chi connectivity index (χ2v) is 6.14. The molecule has 2 rings (SSSR count). The Labute approximate surface area is 123 Å². The van der Waals surface area contributed by atoms with E-state index in [1.54, 1.807) is 6.08 Å². The molecule has 6 nitrogen and oxygen atoms in total. The van der Waals surface area contributed by atoms with Crippen LogP contribution in [0, 0.1) is 0 Å². The van der Waals surface area contributed by atoms with Crippen LogP contribution in [-0.2, 0) is 4.74 Å². The van der Waals surface area contributed by atoms with Gasteiger partial charge < -0.3 is 25.0 Å². The zero-order chi connectivity index (χ0) is 14.9. The average Bonchev–Trinajstić information content (AvgIpc) is 2.86. The van der Waals surface area contributed by atoms with Gasteiger partial charge in [-0.2, -0.15) is 0 Å². The Morgan fingerprint density at radius 3 is 2.80 bits per heavy atom. The lowest BCUT2D eigenvalue weighted by atomic mass is 9.94. The lowest BCUT2D eigenvalue weighted by Gasteiger charge is -2.40. The number of aliphatic hydroxyl groups excluding tert-OH is 3. The second-order valence-electron chi connectivity index (χ2n) is 5.08. The van der Waals surface area contributed by atoms with Crippen LogP contribution >= 0.6 is 11.8 Å². The zero-order valence-electron chi connectivity index (χ0n) is 11.7. The van der Waals surface area contributed by atoms with Gasteiger partial charge in [-0.3, -0.25) is 4.99 Å². The number of ether oxygens (including phenoxy) is 1. The Morgan fingerprint density at radius 1 is 1.50 bits per heavy atom. The van der Waals surface area contributed by atoms with Gasteiger partial charge >= 0.3 is 0 Å². The van der Waals surface area contributed by atoms with Crippen molar-refractivity contribution in [2.75, 3.05) is 13.6 Å². The van der Waals surface area contributed by atoms with Gasteiger partial charge in [0, 0.05) is 13.6 Å². The minimum Gasteiger partial charge on any atom is -0.390 e. The van der Waals surface area contributed by atoms with Gasteiger partial charge in [0.25, 0.3) is 0 Å². The third kappa shape index (κ3) is 2.87. The topological polar surface area (TPSA) is 85.5 Å². The highest BCUT2D eigenvalue weighted by atomic mass is 32.2. The van der Waals surface area contributed by atoms with Crippen LogP contribution in [0.15, 0.2) is 17.6 Å². The van der Waals surface area contributed by atoms with Crippen LogP contribution < -0.4 is 0 Å². The third-order valence-electron chi connectivity index (χ3n) is 3.68. The van der Waals surface area contributed by atoms with Crippen LogP contribution in [0.1, 0.15) is 13.3 Å². The summed E-state index contributed by atoms with van der Waals surface area (Å²) in [4.78, 5) is 6.38. The van der Waals surface area contributed by atoms with Gasteiger partial charge in [-0.25, -0.2) is 0 Å². The number of hydrogen-bond acceptors (Lipinski definition) is 7. The fourth-order valence-corrected chi connectivity index (χ4v) is 3.56. The number of amidine groups is 1. The average molecular weight is 302 g/mol. The van der Waals surface area contributed by atoms with E-state index >= 15 is 0 Å². The van der Waals surface area contributed by atoms with Gasteiger partial charge in [-0.15, -0.1) is 6.58 Å². The van der Waals surface area contributed by atoms with Gasteiger partial charge in [0.05, 0.1) is 6.10 Å². The summed E-state index contributed by atoms with van der Waals surface area (Å²) in [6, 6.07) is -0.494. The molecule has 1 fully saturated rings.